The SMILES string of the molecule is COCCN1CCC(c2nc3cnc(Cl)cc3c(=O)[nH]2)CC1. The first-order valence-electron chi connectivity index (χ1n) is 7.44. The molecule has 118 valence electrons. The van der Waals surface area contributed by atoms with E-state index in [0.29, 0.717) is 16.1 Å². The quantitative estimate of drug-likeness (QED) is 0.869. The van der Waals surface area contributed by atoms with Gasteiger partial charge in [-0.25, -0.2) is 9.97 Å². The molecule has 0 aromatic carbocycles. The molecule has 1 N–H and O–H groups in total. The molecule has 1 fully saturated rings. The minimum atomic E-state index is -0.147. The summed E-state index contributed by atoms with van der Waals surface area (Å²) in [6.07, 6.45) is 3.53. The third-order valence-electron chi connectivity index (χ3n) is 4.16. The van der Waals surface area contributed by atoms with Gasteiger partial charge in [0.15, 0.2) is 0 Å². The third-order valence-corrected chi connectivity index (χ3v) is 4.37. The van der Waals surface area contributed by atoms with Crippen molar-refractivity contribution in [2.75, 3.05) is 33.4 Å². The Hall–Kier alpha value is -1.50. The number of hydrogen-bond acceptors (Lipinski definition) is 5. The number of aromatic nitrogens is 3. The fourth-order valence-corrected chi connectivity index (χ4v) is 3.04. The van der Waals surface area contributed by atoms with E-state index in [4.69, 9.17) is 16.3 Å². The minimum Gasteiger partial charge on any atom is -0.383 e. The number of halogens is 1. The average Bonchev–Trinajstić information content (AvgIpc) is 2.54. The van der Waals surface area contributed by atoms with Crippen molar-refractivity contribution >= 4 is 22.5 Å². The molecule has 3 rings (SSSR count). The van der Waals surface area contributed by atoms with Crippen LogP contribution in [-0.4, -0.2) is 53.2 Å². The van der Waals surface area contributed by atoms with Crippen LogP contribution < -0.4 is 5.56 Å². The molecule has 0 radical (unpaired) electrons. The lowest BCUT2D eigenvalue weighted by atomic mass is 9.96. The second kappa shape index (κ2) is 6.73. The van der Waals surface area contributed by atoms with Gasteiger partial charge in [0.05, 0.1) is 23.7 Å². The van der Waals surface area contributed by atoms with Crippen LogP contribution in [0.1, 0.15) is 24.6 Å². The molecule has 0 spiro atoms. The highest BCUT2D eigenvalue weighted by atomic mass is 35.5. The van der Waals surface area contributed by atoms with E-state index in [2.05, 4.69) is 19.9 Å². The van der Waals surface area contributed by atoms with Gasteiger partial charge in [-0.2, -0.15) is 0 Å². The molecule has 1 aliphatic heterocycles. The van der Waals surface area contributed by atoms with Crippen molar-refractivity contribution in [1.29, 1.82) is 0 Å². The molecule has 2 aromatic heterocycles. The maximum Gasteiger partial charge on any atom is 0.258 e. The second-order valence-electron chi connectivity index (χ2n) is 5.58. The summed E-state index contributed by atoms with van der Waals surface area (Å²) < 4.78 is 5.11. The first kappa shape index (κ1) is 15.4. The van der Waals surface area contributed by atoms with Crippen molar-refractivity contribution < 1.29 is 4.74 Å². The summed E-state index contributed by atoms with van der Waals surface area (Å²) in [5.41, 5.74) is 0.455. The smallest absolute Gasteiger partial charge is 0.258 e. The molecule has 0 unspecified atom stereocenters. The number of nitrogens with zero attached hydrogens (tertiary/aromatic N) is 3. The van der Waals surface area contributed by atoms with Crippen molar-refractivity contribution in [3.63, 3.8) is 0 Å². The summed E-state index contributed by atoms with van der Waals surface area (Å²) in [7, 11) is 1.72. The van der Waals surface area contributed by atoms with Gasteiger partial charge in [-0.3, -0.25) is 4.79 Å². The number of piperidine rings is 1. The summed E-state index contributed by atoms with van der Waals surface area (Å²) >= 11 is 5.83. The number of methoxy groups -OCH3 is 1. The zero-order valence-corrected chi connectivity index (χ0v) is 13.3. The van der Waals surface area contributed by atoms with E-state index in [9.17, 15) is 4.79 Å². The largest absolute Gasteiger partial charge is 0.383 e. The van der Waals surface area contributed by atoms with Crippen LogP contribution in [0.25, 0.3) is 10.9 Å². The number of likely N-dealkylation sites (tertiary alicyclic amines) is 1. The summed E-state index contributed by atoms with van der Waals surface area (Å²) in [5, 5.41) is 0.792. The van der Waals surface area contributed by atoms with Gasteiger partial charge >= 0.3 is 0 Å². The second-order valence-corrected chi connectivity index (χ2v) is 5.97. The molecular weight excluding hydrogens is 304 g/mol. The van der Waals surface area contributed by atoms with Crippen LogP contribution in [0.3, 0.4) is 0 Å². The van der Waals surface area contributed by atoms with E-state index in [0.717, 1.165) is 44.9 Å². The van der Waals surface area contributed by atoms with Gasteiger partial charge in [-0.05, 0) is 32.0 Å². The fourth-order valence-electron chi connectivity index (χ4n) is 2.88. The zero-order valence-electron chi connectivity index (χ0n) is 12.5. The number of H-pyrrole nitrogens is 1. The Kier molecular flexibility index (Phi) is 4.71. The molecule has 0 amide bonds. The van der Waals surface area contributed by atoms with E-state index in [1.165, 1.54) is 0 Å². The van der Waals surface area contributed by atoms with Gasteiger partial charge in [-0.1, -0.05) is 11.6 Å². The molecule has 1 saturated heterocycles. The molecule has 7 heteroatoms. The Bertz CT molecular complexity index is 710. The van der Waals surface area contributed by atoms with Gasteiger partial charge in [0.1, 0.15) is 11.0 Å². The third kappa shape index (κ3) is 3.29. The highest BCUT2D eigenvalue weighted by molar-refractivity contribution is 6.30. The first-order chi connectivity index (χ1) is 10.7. The van der Waals surface area contributed by atoms with Crippen molar-refractivity contribution in [3.05, 3.63) is 33.6 Å². The normalized spacial score (nSPS) is 17.2. The number of hydrogen-bond donors (Lipinski definition) is 1. The maximum atomic E-state index is 12.2. The zero-order chi connectivity index (χ0) is 15.5. The van der Waals surface area contributed by atoms with E-state index in [-0.39, 0.29) is 11.5 Å². The molecule has 0 saturated carbocycles. The number of ether oxygens (including phenoxy) is 1. The van der Waals surface area contributed by atoms with Crippen LogP contribution in [0.4, 0.5) is 0 Å². The lowest BCUT2D eigenvalue weighted by Gasteiger charge is -2.31. The maximum absolute atomic E-state index is 12.2. The van der Waals surface area contributed by atoms with E-state index < -0.39 is 0 Å². The Morgan fingerprint density at radius 1 is 1.45 bits per heavy atom. The Morgan fingerprint density at radius 2 is 2.23 bits per heavy atom. The standard InChI is InChI=1S/C15H19ClN4O2/c1-22-7-6-20-4-2-10(3-5-20)14-18-12-9-17-13(16)8-11(12)15(21)19-14/h8-10H,2-7H2,1H3,(H,18,19,21). The summed E-state index contributed by atoms with van der Waals surface area (Å²) in [6, 6.07) is 1.56. The molecule has 1 aliphatic rings. The summed E-state index contributed by atoms with van der Waals surface area (Å²) in [5.74, 6) is 1.04. The number of rotatable bonds is 4. The monoisotopic (exact) mass is 322 g/mol. The topological polar surface area (TPSA) is 71.1 Å². The predicted molar refractivity (Wildman–Crippen MR) is 85.5 cm³/mol. The molecule has 2 aromatic rings. The van der Waals surface area contributed by atoms with Crippen molar-refractivity contribution in [2.24, 2.45) is 0 Å². The van der Waals surface area contributed by atoms with E-state index >= 15 is 0 Å². The molecule has 0 aliphatic carbocycles. The van der Waals surface area contributed by atoms with Gasteiger partial charge in [0.25, 0.3) is 5.56 Å². The highest BCUT2D eigenvalue weighted by Crippen LogP contribution is 2.25. The number of aromatic amines is 1. The number of pyridine rings is 1. The van der Waals surface area contributed by atoms with Gasteiger partial charge in [-0.15, -0.1) is 0 Å². The van der Waals surface area contributed by atoms with Crippen molar-refractivity contribution in [3.8, 4) is 0 Å². The number of fused-ring (bicyclic) bond motifs is 1. The average molecular weight is 323 g/mol. The first-order valence-corrected chi connectivity index (χ1v) is 7.82. The molecule has 3 heterocycles. The highest BCUT2D eigenvalue weighted by Gasteiger charge is 2.22. The van der Waals surface area contributed by atoms with Gasteiger partial charge in [0, 0.05) is 19.6 Å². The predicted octanol–water partition coefficient (Wildman–Crippen LogP) is 1.80. The summed E-state index contributed by atoms with van der Waals surface area (Å²) in [4.78, 5) is 26.1. The lowest BCUT2D eigenvalue weighted by molar-refractivity contribution is 0.129. The molecule has 6 nitrogen and oxygen atoms in total. The Morgan fingerprint density at radius 3 is 2.95 bits per heavy atom. The van der Waals surface area contributed by atoms with E-state index in [1.807, 2.05) is 0 Å². The van der Waals surface area contributed by atoms with Crippen LogP contribution in [0.2, 0.25) is 5.15 Å². The molecule has 0 atom stereocenters. The van der Waals surface area contributed by atoms with Crippen LogP contribution >= 0.6 is 11.6 Å². The van der Waals surface area contributed by atoms with Crippen molar-refractivity contribution in [2.45, 2.75) is 18.8 Å². The van der Waals surface area contributed by atoms with Crippen LogP contribution in [0.15, 0.2) is 17.1 Å². The fraction of sp³-hybridized carbons (Fsp3) is 0.533. The summed E-state index contributed by atoms with van der Waals surface area (Å²) in [6.45, 7) is 3.69. The Labute approximate surface area is 133 Å². The van der Waals surface area contributed by atoms with Crippen LogP contribution in [-0.2, 0) is 4.74 Å². The molecule has 0 bridgehead atoms. The van der Waals surface area contributed by atoms with Crippen LogP contribution in [0.5, 0.6) is 0 Å². The lowest BCUT2D eigenvalue weighted by Crippen LogP contribution is -2.36. The molecule has 22 heavy (non-hydrogen) atoms. The van der Waals surface area contributed by atoms with Gasteiger partial charge in [0.2, 0.25) is 0 Å². The molecular formula is C15H19ClN4O2. The number of nitrogens with one attached hydrogen (secondary N) is 1. The minimum absolute atomic E-state index is 0.147. The van der Waals surface area contributed by atoms with Crippen molar-refractivity contribution in [1.82, 2.24) is 19.9 Å². The van der Waals surface area contributed by atoms with E-state index in [1.54, 1.807) is 19.4 Å². The van der Waals surface area contributed by atoms with Gasteiger partial charge < -0.3 is 14.6 Å². The van der Waals surface area contributed by atoms with Crippen LogP contribution in [0, 0.1) is 0 Å². The Balaban J connectivity index is 1.77.